The van der Waals surface area contributed by atoms with Gasteiger partial charge in [0.1, 0.15) is 0 Å². The second-order valence-electron chi connectivity index (χ2n) is 2.54. The lowest BCUT2D eigenvalue weighted by Crippen LogP contribution is -2.03. The topological polar surface area (TPSA) is 17.8 Å². The Morgan fingerprint density at radius 1 is 1.73 bits per heavy atom. The number of aryl methyl sites for hydroxylation is 1. The van der Waals surface area contributed by atoms with E-state index in [1.807, 2.05) is 23.0 Å². The molecule has 0 aliphatic carbocycles. The van der Waals surface area contributed by atoms with E-state index in [4.69, 9.17) is 0 Å². The van der Waals surface area contributed by atoms with Gasteiger partial charge in [0.25, 0.3) is 0 Å². The summed E-state index contributed by atoms with van der Waals surface area (Å²) in [5, 5.41) is 4.19. The summed E-state index contributed by atoms with van der Waals surface area (Å²) in [6, 6.07) is 2.04. The van der Waals surface area contributed by atoms with Crippen LogP contribution in [0, 0.1) is 0 Å². The first-order valence-corrected chi connectivity index (χ1v) is 4.00. The molecule has 0 N–H and O–H groups in total. The van der Waals surface area contributed by atoms with Gasteiger partial charge in [-0.15, -0.1) is 6.58 Å². The summed E-state index contributed by atoms with van der Waals surface area (Å²) >= 11 is 0. The van der Waals surface area contributed by atoms with E-state index in [0.717, 1.165) is 19.4 Å². The second-order valence-corrected chi connectivity index (χ2v) is 2.54. The van der Waals surface area contributed by atoms with Gasteiger partial charge in [-0.25, -0.2) is 0 Å². The van der Waals surface area contributed by atoms with Crippen LogP contribution in [0.3, 0.4) is 0 Å². The molecule has 11 heavy (non-hydrogen) atoms. The minimum Gasteiger partial charge on any atom is -0.269 e. The van der Waals surface area contributed by atoms with Crippen molar-refractivity contribution in [2.45, 2.75) is 26.3 Å². The fourth-order valence-corrected chi connectivity index (χ4v) is 1.09. The SMILES string of the molecule is C=CCc1ccnn1CCC. The number of allylic oxidation sites excluding steroid dienone is 1. The van der Waals surface area contributed by atoms with Gasteiger partial charge in [-0.05, 0) is 12.5 Å². The van der Waals surface area contributed by atoms with E-state index >= 15 is 0 Å². The van der Waals surface area contributed by atoms with E-state index in [0.29, 0.717) is 0 Å². The Morgan fingerprint density at radius 3 is 3.18 bits per heavy atom. The van der Waals surface area contributed by atoms with Gasteiger partial charge < -0.3 is 0 Å². The molecule has 0 radical (unpaired) electrons. The minimum atomic E-state index is 0.917. The zero-order valence-electron chi connectivity index (χ0n) is 6.95. The number of hydrogen-bond acceptors (Lipinski definition) is 1. The van der Waals surface area contributed by atoms with Gasteiger partial charge in [-0.1, -0.05) is 13.0 Å². The number of nitrogens with zero attached hydrogens (tertiary/aromatic N) is 2. The number of aromatic nitrogens is 2. The zero-order chi connectivity index (χ0) is 8.10. The van der Waals surface area contributed by atoms with Crippen molar-refractivity contribution in [3.05, 3.63) is 30.6 Å². The van der Waals surface area contributed by atoms with Gasteiger partial charge in [0.05, 0.1) is 0 Å². The highest BCUT2D eigenvalue weighted by atomic mass is 15.3. The van der Waals surface area contributed by atoms with Crippen molar-refractivity contribution in [3.8, 4) is 0 Å². The van der Waals surface area contributed by atoms with Crippen LogP contribution in [-0.2, 0) is 13.0 Å². The molecule has 1 aromatic rings. The van der Waals surface area contributed by atoms with Crippen LogP contribution in [0.5, 0.6) is 0 Å². The molecule has 0 amide bonds. The second kappa shape index (κ2) is 3.96. The predicted octanol–water partition coefficient (Wildman–Crippen LogP) is 2.02. The largest absolute Gasteiger partial charge is 0.269 e. The molecule has 60 valence electrons. The van der Waals surface area contributed by atoms with E-state index in [2.05, 4.69) is 18.6 Å². The maximum absolute atomic E-state index is 4.19. The van der Waals surface area contributed by atoms with Gasteiger partial charge >= 0.3 is 0 Å². The highest BCUT2D eigenvalue weighted by molar-refractivity contribution is 5.04. The van der Waals surface area contributed by atoms with Crippen molar-refractivity contribution in [2.75, 3.05) is 0 Å². The molecular formula is C9H14N2. The quantitative estimate of drug-likeness (QED) is 0.600. The Morgan fingerprint density at radius 2 is 2.55 bits per heavy atom. The molecular weight excluding hydrogens is 136 g/mol. The molecule has 0 spiro atoms. The Kier molecular flexibility index (Phi) is 2.90. The summed E-state index contributed by atoms with van der Waals surface area (Å²) < 4.78 is 2.03. The first-order valence-electron chi connectivity index (χ1n) is 4.00. The standard InChI is InChI=1S/C9H14N2/c1-3-5-9-6-7-10-11(9)8-4-2/h3,6-7H,1,4-5,8H2,2H3. The van der Waals surface area contributed by atoms with Crippen LogP contribution < -0.4 is 0 Å². The fourth-order valence-electron chi connectivity index (χ4n) is 1.09. The van der Waals surface area contributed by atoms with Crippen LogP contribution in [0.25, 0.3) is 0 Å². The first-order chi connectivity index (χ1) is 5.38. The van der Waals surface area contributed by atoms with Crippen LogP contribution >= 0.6 is 0 Å². The maximum atomic E-state index is 4.19. The van der Waals surface area contributed by atoms with Gasteiger partial charge in [-0.2, -0.15) is 5.10 Å². The van der Waals surface area contributed by atoms with E-state index in [-0.39, 0.29) is 0 Å². The van der Waals surface area contributed by atoms with Gasteiger partial charge in [0.15, 0.2) is 0 Å². The summed E-state index contributed by atoms with van der Waals surface area (Å²) in [6.07, 6.45) is 5.80. The van der Waals surface area contributed by atoms with Crippen molar-refractivity contribution in [2.24, 2.45) is 0 Å². The van der Waals surface area contributed by atoms with Crippen LogP contribution in [-0.4, -0.2) is 9.78 Å². The van der Waals surface area contributed by atoms with Crippen molar-refractivity contribution in [1.29, 1.82) is 0 Å². The summed E-state index contributed by atoms with van der Waals surface area (Å²) in [7, 11) is 0. The van der Waals surface area contributed by atoms with Crippen LogP contribution in [0.2, 0.25) is 0 Å². The zero-order valence-corrected chi connectivity index (χ0v) is 6.95. The molecule has 1 aromatic heterocycles. The minimum absolute atomic E-state index is 0.917. The third-order valence-corrected chi connectivity index (χ3v) is 1.59. The van der Waals surface area contributed by atoms with E-state index in [1.54, 1.807) is 0 Å². The predicted molar refractivity (Wildman–Crippen MR) is 46.4 cm³/mol. The Hall–Kier alpha value is -1.05. The normalized spacial score (nSPS) is 9.91. The van der Waals surface area contributed by atoms with Crippen molar-refractivity contribution in [1.82, 2.24) is 9.78 Å². The summed E-state index contributed by atoms with van der Waals surface area (Å²) in [6.45, 7) is 6.86. The monoisotopic (exact) mass is 150 g/mol. The average molecular weight is 150 g/mol. The van der Waals surface area contributed by atoms with Gasteiger partial charge in [0.2, 0.25) is 0 Å². The highest BCUT2D eigenvalue weighted by Crippen LogP contribution is 2.01. The third kappa shape index (κ3) is 1.93. The molecule has 0 fully saturated rings. The van der Waals surface area contributed by atoms with Crippen LogP contribution in [0.4, 0.5) is 0 Å². The van der Waals surface area contributed by atoms with E-state index in [1.165, 1.54) is 5.69 Å². The van der Waals surface area contributed by atoms with Gasteiger partial charge in [-0.3, -0.25) is 4.68 Å². The number of hydrogen-bond donors (Lipinski definition) is 0. The van der Waals surface area contributed by atoms with Crippen LogP contribution in [0.15, 0.2) is 24.9 Å². The lowest BCUT2D eigenvalue weighted by molar-refractivity contribution is 0.581. The molecule has 0 saturated heterocycles. The average Bonchev–Trinajstić information content (AvgIpc) is 2.39. The maximum Gasteiger partial charge on any atom is 0.0492 e. The summed E-state index contributed by atoms with van der Waals surface area (Å²) in [5.41, 5.74) is 1.25. The Labute approximate surface area is 67.5 Å². The molecule has 0 aliphatic heterocycles. The molecule has 0 unspecified atom stereocenters. The number of rotatable bonds is 4. The van der Waals surface area contributed by atoms with Crippen LogP contribution in [0.1, 0.15) is 19.0 Å². The molecule has 0 aliphatic rings. The fraction of sp³-hybridized carbons (Fsp3) is 0.444. The third-order valence-electron chi connectivity index (χ3n) is 1.59. The molecule has 0 atom stereocenters. The molecule has 1 rings (SSSR count). The van der Waals surface area contributed by atoms with Crippen molar-refractivity contribution in [3.63, 3.8) is 0 Å². The molecule has 0 bridgehead atoms. The molecule has 0 saturated carbocycles. The highest BCUT2D eigenvalue weighted by Gasteiger charge is 1.97. The first kappa shape index (κ1) is 8.05. The summed E-state index contributed by atoms with van der Waals surface area (Å²) in [4.78, 5) is 0. The van der Waals surface area contributed by atoms with Gasteiger partial charge in [0, 0.05) is 24.9 Å². The summed E-state index contributed by atoms with van der Waals surface area (Å²) in [5.74, 6) is 0. The lowest BCUT2D eigenvalue weighted by atomic mass is 10.3. The molecule has 1 heterocycles. The molecule has 2 nitrogen and oxygen atoms in total. The van der Waals surface area contributed by atoms with Crippen molar-refractivity contribution >= 4 is 0 Å². The van der Waals surface area contributed by atoms with E-state index in [9.17, 15) is 0 Å². The van der Waals surface area contributed by atoms with E-state index < -0.39 is 0 Å². The smallest absolute Gasteiger partial charge is 0.0492 e. The Balaban J connectivity index is 2.69. The molecule has 0 aromatic carbocycles. The van der Waals surface area contributed by atoms with Crippen molar-refractivity contribution < 1.29 is 0 Å². The molecule has 2 heteroatoms. The Bertz CT molecular complexity index is 225. The lowest BCUT2D eigenvalue weighted by Gasteiger charge is -2.02.